The Hall–Kier alpha value is -3.15. The molecule has 0 saturated carbocycles. The van der Waals surface area contributed by atoms with Gasteiger partial charge in [0.05, 0.1) is 0 Å². The van der Waals surface area contributed by atoms with Crippen LogP contribution in [0.15, 0.2) is 42.5 Å². The molecule has 0 saturated heterocycles. The zero-order valence-corrected chi connectivity index (χ0v) is 17.9. The van der Waals surface area contributed by atoms with Crippen molar-refractivity contribution in [1.82, 2.24) is 4.90 Å². The highest BCUT2D eigenvalue weighted by Gasteiger charge is 2.16. The van der Waals surface area contributed by atoms with Crippen LogP contribution in [0.25, 0.3) is 0 Å². The van der Waals surface area contributed by atoms with Crippen LogP contribution in [0.1, 0.15) is 56.1 Å². The Morgan fingerprint density at radius 1 is 0.862 bits per heavy atom. The first-order valence-electron chi connectivity index (χ1n) is 9.51. The maximum absolute atomic E-state index is 13.0. The Balaban J connectivity index is 2.22. The summed E-state index contributed by atoms with van der Waals surface area (Å²) in [6, 6.07) is 13.1. The van der Waals surface area contributed by atoms with Crippen molar-refractivity contribution in [3.63, 3.8) is 0 Å². The molecule has 0 spiro atoms. The van der Waals surface area contributed by atoms with Crippen molar-refractivity contribution >= 4 is 29.1 Å². The van der Waals surface area contributed by atoms with E-state index in [0.29, 0.717) is 23.5 Å². The molecular formula is C23H29N3O3. The van der Waals surface area contributed by atoms with Gasteiger partial charge in [-0.15, -0.1) is 0 Å². The largest absolute Gasteiger partial charge is 0.337 e. The molecule has 0 atom stereocenters. The maximum Gasteiger partial charge on any atom is 0.254 e. The van der Waals surface area contributed by atoms with Crippen molar-refractivity contribution in [3.8, 4) is 0 Å². The first-order valence-corrected chi connectivity index (χ1v) is 9.51. The Kier molecular flexibility index (Phi) is 6.80. The van der Waals surface area contributed by atoms with Crippen molar-refractivity contribution in [1.29, 1.82) is 0 Å². The molecule has 0 fully saturated rings. The highest BCUT2D eigenvalue weighted by atomic mass is 16.2. The second-order valence-electron chi connectivity index (χ2n) is 8.27. The first kappa shape index (κ1) is 22.1. The second-order valence-corrected chi connectivity index (χ2v) is 8.27. The molecule has 2 N–H and O–H groups in total. The highest BCUT2D eigenvalue weighted by Crippen LogP contribution is 2.23. The van der Waals surface area contributed by atoms with Crippen LogP contribution in [0.5, 0.6) is 0 Å². The fraction of sp³-hybridized carbons (Fsp3) is 0.348. The number of nitrogens with one attached hydrogen (secondary N) is 2. The molecule has 2 aromatic rings. The van der Waals surface area contributed by atoms with Gasteiger partial charge in [0.2, 0.25) is 11.8 Å². The average molecular weight is 396 g/mol. The minimum Gasteiger partial charge on any atom is -0.337 e. The Bertz CT molecular complexity index is 878. The van der Waals surface area contributed by atoms with Gasteiger partial charge in [0, 0.05) is 44.4 Å². The van der Waals surface area contributed by atoms with Gasteiger partial charge in [-0.2, -0.15) is 0 Å². The van der Waals surface area contributed by atoms with E-state index in [1.165, 1.54) is 19.4 Å². The number of anilines is 2. The number of amides is 3. The van der Waals surface area contributed by atoms with Crippen molar-refractivity contribution in [2.75, 3.05) is 17.7 Å². The van der Waals surface area contributed by atoms with Crippen LogP contribution in [-0.2, 0) is 21.5 Å². The third-order valence-corrected chi connectivity index (χ3v) is 4.41. The number of nitrogens with zero attached hydrogens (tertiary/aromatic N) is 1. The molecule has 154 valence electrons. The summed E-state index contributed by atoms with van der Waals surface area (Å²) in [7, 11) is 1.73. The van der Waals surface area contributed by atoms with Gasteiger partial charge in [-0.1, -0.05) is 45.0 Å². The summed E-state index contributed by atoms with van der Waals surface area (Å²) in [5.41, 5.74) is 3.62. The summed E-state index contributed by atoms with van der Waals surface area (Å²) in [4.78, 5) is 37.4. The molecule has 0 aliphatic rings. The lowest BCUT2D eigenvalue weighted by Gasteiger charge is -2.21. The molecule has 2 aromatic carbocycles. The molecule has 0 heterocycles. The van der Waals surface area contributed by atoms with E-state index in [4.69, 9.17) is 0 Å². The highest BCUT2D eigenvalue weighted by molar-refractivity contribution is 5.99. The summed E-state index contributed by atoms with van der Waals surface area (Å²) < 4.78 is 0. The van der Waals surface area contributed by atoms with Crippen molar-refractivity contribution in [2.45, 2.75) is 46.6 Å². The van der Waals surface area contributed by atoms with Crippen LogP contribution in [0.2, 0.25) is 0 Å². The molecule has 0 radical (unpaired) electrons. The zero-order chi connectivity index (χ0) is 21.8. The third kappa shape index (κ3) is 6.45. The molecule has 0 bridgehead atoms. The van der Waals surface area contributed by atoms with Crippen molar-refractivity contribution in [3.05, 3.63) is 59.2 Å². The normalized spacial score (nSPS) is 11.0. The van der Waals surface area contributed by atoms with Crippen molar-refractivity contribution < 1.29 is 14.4 Å². The maximum atomic E-state index is 13.0. The van der Waals surface area contributed by atoms with Crippen LogP contribution < -0.4 is 10.6 Å². The van der Waals surface area contributed by atoms with Gasteiger partial charge in [0.1, 0.15) is 0 Å². The number of hydrogen-bond donors (Lipinski definition) is 2. The average Bonchev–Trinajstić information content (AvgIpc) is 2.59. The van der Waals surface area contributed by atoms with Crippen LogP contribution >= 0.6 is 0 Å². The van der Waals surface area contributed by atoms with E-state index in [0.717, 1.165) is 5.56 Å². The smallest absolute Gasteiger partial charge is 0.254 e. The second kappa shape index (κ2) is 8.90. The minimum absolute atomic E-state index is 0.0739. The lowest BCUT2D eigenvalue weighted by atomic mass is 9.87. The topological polar surface area (TPSA) is 78.5 Å². The van der Waals surface area contributed by atoms with Gasteiger partial charge in [-0.3, -0.25) is 14.4 Å². The monoisotopic (exact) mass is 395 g/mol. The molecule has 0 aromatic heterocycles. The van der Waals surface area contributed by atoms with Crippen LogP contribution in [0, 0.1) is 0 Å². The molecule has 6 heteroatoms. The predicted molar refractivity (Wildman–Crippen MR) is 116 cm³/mol. The standard InChI is InChI=1S/C23H29N3O3/c1-15(27)24-20-11-18(12-21(13-20)25-16(2)28)22(29)26(6)14-17-7-9-19(10-8-17)23(3,4)5/h7-13H,14H2,1-6H3,(H,24,27)(H,25,28). The SMILES string of the molecule is CC(=O)Nc1cc(NC(C)=O)cc(C(=O)N(C)Cc2ccc(C(C)(C)C)cc2)c1. The summed E-state index contributed by atoms with van der Waals surface area (Å²) in [6.07, 6.45) is 0. The van der Waals surface area contributed by atoms with Crippen molar-refractivity contribution in [2.24, 2.45) is 0 Å². The molecule has 0 aliphatic carbocycles. The quantitative estimate of drug-likeness (QED) is 0.797. The molecule has 6 nitrogen and oxygen atoms in total. The van der Waals surface area contributed by atoms with Gasteiger partial charge in [-0.25, -0.2) is 0 Å². The van der Waals surface area contributed by atoms with E-state index in [1.54, 1.807) is 30.1 Å². The number of carbonyl (C=O) groups excluding carboxylic acids is 3. The van der Waals surface area contributed by atoms with E-state index in [1.807, 2.05) is 12.1 Å². The summed E-state index contributed by atoms with van der Waals surface area (Å²) in [5, 5.41) is 5.32. The minimum atomic E-state index is -0.254. The van der Waals surface area contributed by atoms with Gasteiger partial charge >= 0.3 is 0 Å². The van der Waals surface area contributed by atoms with E-state index in [9.17, 15) is 14.4 Å². The van der Waals surface area contributed by atoms with Gasteiger partial charge in [-0.05, 0) is 34.7 Å². The molecule has 29 heavy (non-hydrogen) atoms. The first-order chi connectivity index (χ1) is 13.5. The Morgan fingerprint density at radius 3 is 1.76 bits per heavy atom. The van der Waals surface area contributed by atoms with Crippen LogP contribution in [0.3, 0.4) is 0 Å². The Morgan fingerprint density at radius 2 is 1.34 bits per heavy atom. The third-order valence-electron chi connectivity index (χ3n) is 4.41. The lowest BCUT2D eigenvalue weighted by Crippen LogP contribution is -2.26. The van der Waals surface area contributed by atoms with Gasteiger partial charge in [0.15, 0.2) is 0 Å². The van der Waals surface area contributed by atoms with E-state index >= 15 is 0 Å². The molecule has 3 amide bonds. The Labute approximate surface area is 172 Å². The fourth-order valence-corrected chi connectivity index (χ4v) is 2.98. The summed E-state index contributed by atoms with van der Waals surface area (Å²) in [6.45, 7) is 9.70. The van der Waals surface area contributed by atoms with Gasteiger partial charge in [0.25, 0.3) is 5.91 Å². The molecule has 0 aliphatic heterocycles. The number of rotatable bonds is 5. The summed E-state index contributed by atoms with van der Waals surface area (Å²) >= 11 is 0. The van der Waals surface area contributed by atoms with E-state index in [2.05, 4.69) is 43.5 Å². The van der Waals surface area contributed by atoms with E-state index in [-0.39, 0.29) is 23.1 Å². The fourth-order valence-electron chi connectivity index (χ4n) is 2.98. The lowest BCUT2D eigenvalue weighted by molar-refractivity contribution is -0.115. The number of carbonyl (C=O) groups is 3. The molecular weight excluding hydrogens is 366 g/mol. The number of hydrogen-bond acceptors (Lipinski definition) is 3. The predicted octanol–water partition coefficient (Wildman–Crippen LogP) is 4.17. The number of benzene rings is 2. The van der Waals surface area contributed by atoms with Crippen LogP contribution in [0.4, 0.5) is 11.4 Å². The van der Waals surface area contributed by atoms with E-state index < -0.39 is 0 Å². The molecule has 0 unspecified atom stereocenters. The van der Waals surface area contributed by atoms with Crippen LogP contribution in [-0.4, -0.2) is 29.7 Å². The molecule has 2 rings (SSSR count). The summed E-state index contributed by atoms with van der Waals surface area (Å²) in [5.74, 6) is -0.713. The zero-order valence-electron chi connectivity index (χ0n) is 17.9. The van der Waals surface area contributed by atoms with Gasteiger partial charge < -0.3 is 15.5 Å².